The minimum Gasteiger partial charge on any atom is -0.298 e. The Balaban J connectivity index is 1.72. The van der Waals surface area contributed by atoms with Gasteiger partial charge in [0.2, 0.25) is 10.0 Å². The number of nitrogens with zero attached hydrogens (tertiary/aromatic N) is 2. The van der Waals surface area contributed by atoms with Crippen LogP contribution in [0.15, 0.2) is 33.6 Å². The summed E-state index contributed by atoms with van der Waals surface area (Å²) >= 11 is 3.32. The molecule has 19 heavy (non-hydrogen) atoms. The monoisotopic (exact) mass is 344 g/mol. The molecule has 4 nitrogen and oxygen atoms in total. The quantitative estimate of drug-likeness (QED) is 0.840. The second-order valence-electron chi connectivity index (χ2n) is 5.15. The van der Waals surface area contributed by atoms with Crippen LogP contribution in [0.3, 0.4) is 0 Å². The topological polar surface area (TPSA) is 40.6 Å². The van der Waals surface area contributed by atoms with Gasteiger partial charge in [-0.15, -0.1) is 0 Å². The summed E-state index contributed by atoms with van der Waals surface area (Å²) in [6, 6.07) is 7.43. The number of hydrogen-bond acceptors (Lipinski definition) is 3. The third-order valence-electron chi connectivity index (χ3n) is 3.94. The molecule has 2 aliphatic heterocycles. The van der Waals surface area contributed by atoms with Crippen LogP contribution in [0.2, 0.25) is 0 Å². The number of hydrogen-bond donors (Lipinski definition) is 0. The highest BCUT2D eigenvalue weighted by Crippen LogP contribution is 2.29. The lowest BCUT2D eigenvalue weighted by molar-refractivity contribution is 0.110. The summed E-state index contributed by atoms with van der Waals surface area (Å²) < 4.78 is 27.2. The van der Waals surface area contributed by atoms with Crippen molar-refractivity contribution in [1.82, 2.24) is 9.21 Å². The first kappa shape index (κ1) is 13.5. The minimum absolute atomic E-state index is 0.370. The molecule has 0 radical (unpaired) electrons. The van der Waals surface area contributed by atoms with Gasteiger partial charge in [-0.05, 0) is 54.0 Å². The van der Waals surface area contributed by atoms with Gasteiger partial charge in [0.1, 0.15) is 0 Å². The summed E-state index contributed by atoms with van der Waals surface area (Å²) in [5.74, 6) is 0. The Labute approximate surface area is 122 Å². The van der Waals surface area contributed by atoms with E-state index in [1.165, 1.54) is 12.8 Å². The van der Waals surface area contributed by atoms with Crippen LogP contribution in [-0.4, -0.2) is 49.8 Å². The van der Waals surface area contributed by atoms with Gasteiger partial charge in [0.15, 0.2) is 0 Å². The van der Waals surface area contributed by atoms with Gasteiger partial charge in [-0.2, -0.15) is 4.31 Å². The van der Waals surface area contributed by atoms with Crippen LogP contribution in [-0.2, 0) is 10.0 Å². The highest BCUT2D eigenvalue weighted by Gasteiger charge is 2.40. The Morgan fingerprint density at radius 1 is 1.11 bits per heavy atom. The fraction of sp³-hybridized carbons (Fsp3) is 0.538. The van der Waals surface area contributed by atoms with Crippen LogP contribution >= 0.6 is 15.9 Å². The van der Waals surface area contributed by atoms with Gasteiger partial charge in [-0.3, -0.25) is 4.90 Å². The SMILES string of the molecule is O=S(=O)(c1ccccc1Br)N1CC(N2CCCC2)C1. The number of halogens is 1. The average molecular weight is 345 g/mol. The van der Waals surface area contributed by atoms with Crippen LogP contribution in [0.1, 0.15) is 12.8 Å². The summed E-state index contributed by atoms with van der Waals surface area (Å²) in [6.45, 7) is 3.49. The zero-order chi connectivity index (χ0) is 13.5. The van der Waals surface area contributed by atoms with Gasteiger partial charge >= 0.3 is 0 Å². The van der Waals surface area contributed by atoms with Crippen molar-refractivity contribution in [2.45, 2.75) is 23.8 Å². The molecule has 1 aromatic rings. The summed E-state index contributed by atoms with van der Waals surface area (Å²) in [6.07, 6.45) is 2.49. The molecule has 0 saturated carbocycles. The van der Waals surface area contributed by atoms with Gasteiger partial charge < -0.3 is 0 Å². The van der Waals surface area contributed by atoms with Crippen molar-refractivity contribution in [2.24, 2.45) is 0 Å². The van der Waals surface area contributed by atoms with Crippen molar-refractivity contribution < 1.29 is 8.42 Å². The van der Waals surface area contributed by atoms with Crippen molar-refractivity contribution in [2.75, 3.05) is 26.2 Å². The maximum absolute atomic E-state index is 12.5. The maximum Gasteiger partial charge on any atom is 0.244 e. The predicted octanol–water partition coefficient (Wildman–Crippen LogP) is 1.92. The second kappa shape index (κ2) is 5.16. The Kier molecular flexibility index (Phi) is 3.68. The Bertz CT molecular complexity index is 564. The summed E-state index contributed by atoms with van der Waals surface area (Å²) in [4.78, 5) is 2.78. The summed E-state index contributed by atoms with van der Waals surface area (Å²) in [5.41, 5.74) is 0. The Morgan fingerprint density at radius 3 is 2.37 bits per heavy atom. The molecule has 0 N–H and O–H groups in total. The lowest BCUT2D eigenvalue weighted by Crippen LogP contribution is -2.60. The van der Waals surface area contributed by atoms with E-state index < -0.39 is 10.0 Å². The molecule has 0 aliphatic carbocycles. The van der Waals surface area contributed by atoms with Gasteiger partial charge in [-0.1, -0.05) is 12.1 Å². The largest absolute Gasteiger partial charge is 0.298 e. The van der Waals surface area contributed by atoms with Crippen molar-refractivity contribution in [3.63, 3.8) is 0 Å². The Morgan fingerprint density at radius 2 is 1.74 bits per heavy atom. The molecule has 0 amide bonds. The van der Waals surface area contributed by atoms with Gasteiger partial charge in [0, 0.05) is 23.6 Å². The fourth-order valence-corrected chi connectivity index (χ4v) is 5.22. The number of likely N-dealkylation sites (tertiary alicyclic amines) is 1. The third-order valence-corrected chi connectivity index (χ3v) is 6.78. The summed E-state index contributed by atoms with van der Waals surface area (Å²) in [5, 5.41) is 0. The lowest BCUT2D eigenvalue weighted by atomic mass is 10.1. The van der Waals surface area contributed by atoms with Crippen LogP contribution in [0.25, 0.3) is 0 Å². The third kappa shape index (κ3) is 2.46. The molecule has 0 atom stereocenters. The number of sulfonamides is 1. The van der Waals surface area contributed by atoms with E-state index in [-0.39, 0.29) is 0 Å². The first-order valence-corrected chi connectivity index (χ1v) is 8.81. The van der Waals surface area contributed by atoms with Crippen molar-refractivity contribution in [3.8, 4) is 0 Å². The zero-order valence-electron chi connectivity index (χ0n) is 10.6. The molecule has 0 unspecified atom stereocenters. The molecule has 104 valence electrons. The maximum atomic E-state index is 12.5. The van der Waals surface area contributed by atoms with Crippen LogP contribution in [0, 0.1) is 0 Å². The van der Waals surface area contributed by atoms with Crippen LogP contribution < -0.4 is 0 Å². The van der Waals surface area contributed by atoms with E-state index >= 15 is 0 Å². The molecule has 0 aromatic heterocycles. The van der Waals surface area contributed by atoms with Gasteiger partial charge in [0.25, 0.3) is 0 Å². The molecular formula is C13H17BrN2O2S. The number of benzene rings is 1. The van der Waals surface area contributed by atoms with E-state index in [1.807, 2.05) is 6.07 Å². The standard InChI is InChI=1S/C13H17BrN2O2S/c14-12-5-1-2-6-13(12)19(17,18)16-9-11(10-16)15-7-3-4-8-15/h1-2,5-6,11H,3-4,7-10H2. The van der Waals surface area contributed by atoms with Gasteiger partial charge in [0.05, 0.1) is 4.90 Å². The molecule has 2 saturated heterocycles. The van der Waals surface area contributed by atoms with Gasteiger partial charge in [-0.25, -0.2) is 8.42 Å². The smallest absolute Gasteiger partial charge is 0.244 e. The highest BCUT2D eigenvalue weighted by atomic mass is 79.9. The highest BCUT2D eigenvalue weighted by molar-refractivity contribution is 9.10. The fourth-order valence-electron chi connectivity index (χ4n) is 2.74. The molecule has 6 heteroatoms. The van der Waals surface area contributed by atoms with E-state index in [4.69, 9.17) is 0 Å². The minimum atomic E-state index is -3.34. The van der Waals surface area contributed by atoms with E-state index in [1.54, 1.807) is 22.5 Å². The van der Waals surface area contributed by atoms with E-state index in [0.717, 1.165) is 13.1 Å². The lowest BCUT2D eigenvalue weighted by Gasteiger charge is -2.43. The normalized spacial score (nSPS) is 22.6. The molecule has 1 aromatic carbocycles. The zero-order valence-corrected chi connectivity index (χ0v) is 13.0. The van der Waals surface area contributed by atoms with Crippen molar-refractivity contribution in [1.29, 1.82) is 0 Å². The average Bonchev–Trinajstić information content (AvgIpc) is 2.80. The van der Waals surface area contributed by atoms with E-state index in [2.05, 4.69) is 20.8 Å². The van der Waals surface area contributed by atoms with E-state index in [9.17, 15) is 8.42 Å². The van der Waals surface area contributed by atoms with Crippen LogP contribution in [0.5, 0.6) is 0 Å². The first-order valence-electron chi connectivity index (χ1n) is 6.58. The molecular weight excluding hydrogens is 328 g/mol. The molecule has 2 heterocycles. The molecule has 2 fully saturated rings. The molecule has 2 aliphatic rings. The first-order chi connectivity index (χ1) is 9.09. The predicted molar refractivity (Wildman–Crippen MR) is 77.5 cm³/mol. The van der Waals surface area contributed by atoms with Crippen molar-refractivity contribution in [3.05, 3.63) is 28.7 Å². The van der Waals surface area contributed by atoms with Crippen LogP contribution in [0.4, 0.5) is 0 Å². The molecule has 3 rings (SSSR count). The second-order valence-corrected chi connectivity index (χ2v) is 7.91. The molecule has 0 spiro atoms. The molecule has 0 bridgehead atoms. The van der Waals surface area contributed by atoms with E-state index in [0.29, 0.717) is 28.5 Å². The Hall–Kier alpha value is -0.430. The van der Waals surface area contributed by atoms with Crippen molar-refractivity contribution >= 4 is 26.0 Å². The summed E-state index contributed by atoms with van der Waals surface area (Å²) in [7, 11) is -3.34. The number of rotatable bonds is 3.